The lowest BCUT2D eigenvalue weighted by Gasteiger charge is -2.56. The van der Waals surface area contributed by atoms with Crippen LogP contribution in [0, 0.1) is 23.2 Å². The van der Waals surface area contributed by atoms with E-state index < -0.39 is 29.7 Å². The van der Waals surface area contributed by atoms with Crippen LogP contribution in [0.5, 0.6) is 0 Å². The Kier molecular flexibility index (Phi) is 8.43. The van der Waals surface area contributed by atoms with E-state index in [0.717, 1.165) is 48.5 Å². The zero-order valence-corrected chi connectivity index (χ0v) is 26.8. The summed E-state index contributed by atoms with van der Waals surface area (Å²) in [5.74, 6) is -2.82. The van der Waals surface area contributed by atoms with Crippen molar-refractivity contribution in [3.05, 3.63) is 101 Å². The quantitative estimate of drug-likeness (QED) is 0.120. The molecular weight excluding hydrogens is 624 g/mol. The molecule has 0 saturated heterocycles. The van der Waals surface area contributed by atoms with Gasteiger partial charge in [-0.2, -0.15) is 0 Å². The number of aromatic amines is 1. The van der Waals surface area contributed by atoms with Crippen LogP contribution in [-0.4, -0.2) is 57.9 Å². The Morgan fingerprint density at radius 1 is 0.755 bits per heavy atom. The largest absolute Gasteiger partial charge is 0.478 e. The third-order valence-electron chi connectivity index (χ3n) is 10.6. The molecule has 0 spiro atoms. The Bertz CT molecular complexity index is 1900. The summed E-state index contributed by atoms with van der Waals surface area (Å²) in [6.07, 6.45) is 9.10. The number of amides is 3. The number of carboxylic acid groups (broad SMARTS) is 2. The van der Waals surface area contributed by atoms with E-state index in [4.69, 9.17) is 0 Å². The Morgan fingerprint density at radius 2 is 1.35 bits per heavy atom. The molecule has 11 nitrogen and oxygen atoms in total. The fraction of sp³-hybridized carbons (Fsp3) is 0.342. The van der Waals surface area contributed by atoms with Gasteiger partial charge in [-0.05, 0) is 104 Å². The van der Waals surface area contributed by atoms with Crippen molar-refractivity contribution in [2.75, 3.05) is 18.4 Å². The van der Waals surface area contributed by atoms with Crippen molar-refractivity contribution in [1.29, 1.82) is 0 Å². The summed E-state index contributed by atoms with van der Waals surface area (Å²) in [6, 6.07) is 17.3. The highest BCUT2D eigenvalue weighted by atomic mass is 16.4. The molecule has 0 radical (unpaired) electrons. The van der Waals surface area contributed by atoms with Gasteiger partial charge in [0.2, 0.25) is 5.91 Å². The van der Waals surface area contributed by atoms with Crippen molar-refractivity contribution in [1.82, 2.24) is 15.6 Å². The third-order valence-corrected chi connectivity index (χ3v) is 10.6. The Balaban J connectivity index is 1.11. The van der Waals surface area contributed by atoms with E-state index in [2.05, 4.69) is 20.9 Å². The maximum Gasteiger partial charge on any atom is 0.335 e. The first-order valence-corrected chi connectivity index (χ1v) is 16.7. The number of hydrogen-bond donors (Lipinski definition) is 6. The number of hydrogen-bond acceptors (Lipinski definition) is 5. The molecule has 252 valence electrons. The highest BCUT2D eigenvalue weighted by molar-refractivity contribution is 6.10. The molecule has 11 heteroatoms. The van der Waals surface area contributed by atoms with Crippen LogP contribution in [0.1, 0.15) is 91.4 Å². The number of aromatic nitrogens is 1. The van der Waals surface area contributed by atoms with Gasteiger partial charge in [0.25, 0.3) is 11.8 Å². The van der Waals surface area contributed by atoms with Crippen molar-refractivity contribution < 1.29 is 34.2 Å². The highest BCUT2D eigenvalue weighted by Gasteiger charge is 2.50. The lowest BCUT2D eigenvalue weighted by molar-refractivity contribution is -0.117. The summed E-state index contributed by atoms with van der Waals surface area (Å²) in [4.78, 5) is 67.7. The van der Waals surface area contributed by atoms with Gasteiger partial charge in [0.15, 0.2) is 0 Å². The predicted molar refractivity (Wildman–Crippen MR) is 182 cm³/mol. The lowest BCUT2D eigenvalue weighted by Crippen LogP contribution is -2.51. The van der Waals surface area contributed by atoms with E-state index >= 15 is 0 Å². The zero-order valence-electron chi connectivity index (χ0n) is 26.8. The maximum atomic E-state index is 13.9. The van der Waals surface area contributed by atoms with E-state index in [-0.39, 0.29) is 45.8 Å². The van der Waals surface area contributed by atoms with Crippen LogP contribution in [0.15, 0.2) is 72.9 Å². The molecule has 49 heavy (non-hydrogen) atoms. The number of nitrogens with one attached hydrogen (secondary N) is 4. The number of fused-ring (bicyclic) bond motifs is 1. The summed E-state index contributed by atoms with van der Waals surface area (Å²) in [7, 11) is 0. The number of anilines is 1. The molecule has 1 heterocycles. The lowest BCUT2D eigenvalue weighted by atomic mass is 9.49. The maximum absolute atomic E-state index is 13.9. The standard InChI is InChI=1S/C38H38N4O7/c43-33(40-19-31(24-4-2-1-3-5-24)35(45)42-28-12-26(36(46)47)11-27(13-28)37(48)49)30-15-32-25(6-7-39-32)14-29(30)34(44)41-20-38-16-21-8-22(17-38)10-23(9-21)18-38/h1-7,11-15,21-23,31,39H,8-10,16-20H2,(H,40,43)(H,41,44)(H,42,45)(H,46,47)(H,48,49). The topological polar surface area (TPSA) is 178 Å². The van der Waals surface area contributed by atoms with E-state index in [1.165, 1.54) is 31.4 Å². The molecule has 4 aliphatic rings. The van der Waals surface area contributed by atoms with Crippen molar-refractivity contribution in [2.24, 2.45) is 23.2 Å². The average Bonchev–Trinajstić information content (AvgIpc) is 3.54. The number of H-pyrrole nitrogens is 1. The zero-order chi connectivity index (χ0) is 34.3. The normalized spacial score (nSPS) is 22.7. The van der Waals surface area contributed by atoms with E-state index in [0.29, 0.717) is 17.6 Å². The van der Waals surface area contributed by atoms with Gasteiger partial charge >= 0.3 is 11.9 Å². The number of carboxylic acids is 2. The van der Waals surface area contributed by atoms with E-state index in [1.807, 2.05) is 6.07 Å². The average molecular weight is 663 g/mol. The smallest absolute Gasteiger partial charge is 0.335 e. The molecule has 3 amide bonds. The number of rotatable bonds is 11. The molecule has 4 saturated carbocycles. The monoisotopic (exact) mass is 662 g/mol. The Labute approximate surface area is 282 Å². The minimum Gasteiger partial charge on any atom is -0.478 e. The number of benzene rings is 3. The summed E-state index contributed by atoms with van der Waals surface area (Å²) < 4.78 is 0. The van der Waals surface area contributed by atoms with Gasteiger partial charge in [-0.1, -0.05) is 30.3 Å². The molecule has 1 atom stereocenters. The minimum atomic E-state index is -1.35. The SMILES string of the molecule is O=C(O)c1cc(NC(=O)C(CNC(=O)c2cc3[nH]ccc3cc2C(=O)NCC23CC4CC(CC(C4)C2)C3)c2ccccc2)cc(C(=O)O)c1. The van der Waals surface area contributed by atoms with E-state index in [1.54, 1.807) is 48.7 Å². The Hall–Kier alpha value is -5.45. The fourth-order valence-electron chi connectivity index (χ4n) is 8.86. The van der Waals surface area contributed by atoms with Gasteiger partial charge in [0, 0.05) is 35.9 Å². The minimum absolute atomic E-state index is 0.00951. The van der Waals surface area contributed by atoms with Crippen molar-refractivity contribution in [3.63, 3.8) is 0 Å². The molecule has 8 rings (SSSR count). The molecule has 1 aromatic heterocycles. The molecule has 1 unspecified atom stereocenters. The van der Waals surface area contributed by atoms with Crippen LogP contribution < -0.4 is 16.0 Å². The molecule has 4 aliphatic carbocycles. The molecule has 4 aromatic rings. The molecular formula is C38H38N4O7. The van der Waals surface area contributed by atoms with Gasteiger partial charge in [-0.3, -0.25) is 14.4 Å². The van der Waals surface area contributed by atoms with Gasteiger partial charge in [0.1, 0.15) is 0 Å². The fourth-order valence-corrected chi connectivity index (χ4v) is 8.86. The summed E-state index contributed by atoms with van der Waals surface area (Å²) in [5.41, 5.74) is 1.20. The number of aromatic carboxylic acids is 2. The van der Waals surface area contributed by atoms with E-state index in [9.17, 15) is 34.2 Å². The summed E-state index contributed by atoms with van der Waals surface area (Å²) in [6.45, 7) is 0.431. The molecule has 3 aromatic carbocycles. The van der Waals surface area contributed by atoms with Crippen molar-refractivity contribution >= 4 is 46.3 Å². The van der Waals surface area contributed by atoms with Gasteiger partial charge in [-0.15, -0.1) is 0 Å². The van der Waals surface area contributed by atoms with Gasteiger partial charge in [-0.25, -0.2) is 9.59 Å². The second-order valence-corrected chi connectivity index (χ2v) is 14.1. The Morgan fingerprint density at radius 3 is 1.96 bits per heavy atom. The van der Waals surface area contributed by atoms with Gasteiger partial charge in [0.05, 0.1) is 28.2 Å². The molecule has 4 fully saturated rings. The third kappa shape index (κ3) is 6.65. The molecule has 6 N–H and O–H groups in total. The summed E-state index contributed by atoms with van der Waals surface area (Å²) in [5, 5.41) is 28.4. The van der Waals surface area contributed by atoms with Crippen molar-refractivity contribution in [3.8, 4) is 0 Å². The predicted octanol–water partition coefficient (Wildman–Crippen LogP) is 5.66. The van der Waals surface area contributed by atoms with Crippen LogP contribution in [0.3, 0.4) is 0 Å². The number of carbonyl (C=O) groups excluding carboxylic acids is 3. The molecule has 0 aliphatic heterocycles. The second-order valence-electron chi connectivity index (χ2n) is 14.1. The van der Waals surface area contributed by atoms with Crippen LogP contribution in [0.25, 0.3) is 10.9 Å². The van der Waals surface area contributed by atoms with Crippen LogP contribution in [0.4, 0.5) is 5.69 Å². The van der Waals surface area contributed by atoms with Gasteiger partial charge < -0.3 is 31.1 Å². The van der Waals surface area contributed by atoms with Crippen LogP contribution in [-0.2, 0) is 4.79 Å². The van der Waals surface area contributed by atoms with Crippen LogP contribution in [0.2, 0.25) is 0 Å². The first-order chi connectivity index (χ1) is 23.6. The first kappa shape index (κ1) is 32.1. The second kappa shape index (κ2) is 12.9. The summed E-state index contributed by atoms with van der Waals surface area (Å²) >= 11 is 0. The van der Waals surface area contributed by atoms with Crippen molar-refractivity contribution in [2.45, 2.75) is 44.4 Å². The molecule has 4 bridgehead atoms. The number of carbonyl (C=O) groups is 5. The first-order valence-electron chi connectivity index (χ1n) is 16.7. The highest BCUT2D eigenvalue weighted by Crippen LogP contribution is 2.59. The van der Waals surface area contributed by atoms with Crippen LogP contribution >= 0.6 is 0 Å².